The van der Waals surface area contributed by atoms with Crippen molar-refractivity contribution in [2.24, 2.45) is 17.8 Å². The van der Waals surface area contributed by atoms with E-state index in [1.807, 2.05) is 0 Å². The summed E-state index contributed by atoms with van der Waals surface area (Å²) < 4.78 is 0.990. The van der Waals surface area contributed by atoms with E-state index in [1.165, 1.54) is 38.5 Å². The van der Waals surface area contributed by atoms with Crippen molar-refractivity contribution in [1.82, 2.24) is 0 Å². The Balaban J connectivity index is 0.00000180. The molecule has 0 N–H and O–H groups in total. The first-order valence-electron chi connectivity index (χ1n) is 8.43. The highest BCUT2D eigenvalue weighted by atomic mass is 127. The van der Waals surface area contributed by atoms with Gasteiger partial charge in [-0.05, 0) is 56.3 Å². The van der Waals surface area contributed by atoms with E-state index in [9.17, 15) is 0 Å². The zero-order valence-corrected chi connectivity index (χ0v) is 14.3. The molecule has 2 saturated carbocycles. The van der Waals surface area contributed by atoms with Crippen molar-refractivity contribution in [3.63, 3.8) is 0 Å². The Morgan fingerprint density at radius 2 is 1.32 bits per heavy atom. The van der Waals surface area contributed by atoms with Gasteiger partial charge in [0.15, 0.2) is 0 Å². The molecule has 0 bridgehead atoms. The van der Waals surface area contributed by atoms with Gasteiger partial charge in [0.05, 0.1) is 0 Å². The Morgan fingerprint density at radius 3 is 1.84 bits per heavy atom. The third kappa shape index (κ3) is 5.93. The van der Waals surface area contributed by atoms with Crippen LogP contribution in [0, 0.1) is 17.8 Å². The number of unbranched alkanes of at least 4 members (excludes halogenated alkanes) is 2. The molecule has 114 valence electrons. The van der Waals surface area contributed by atoms with Gasteiger partial charge in [0.25, 0.3) is 0 Å². The van der Waals surface area contributed by atoms with Crippen LogP contribution in [0.3, 0.4) is 0 Å². The monoisotopic (exact) mass is 378 g/mol. The first kappa shape index (κ1) is 17.8. The number of rotatable bonds is 5. The molecule has 0 spiro atoms. The second-order valence-corrected chi connectivity index (χ2v) is 8.55. The molecule has 0 amide bonds. The Labute approximate surface area is 135 Å². The van der Waals surface area contributed by atoms with Crippen LogP contribution in [0.5, 0.6) is 0 Å². The molecule has 0 unspecified atom stereocenters. The zero-order chi connectivity index (χ0) is 12.8. The third-order valence-electron chi connectivity index (χ3n) is 5.48. The van der Waals surface area contributed by atoms with Gasteiger partial charge in [0.1, 0.15) is 0 Å². The molecule has 2 aliphatic carbocycles. The van der Waals surface area contributed by atoms with E-state index < -0.39 is 0 Å². The lowest BCUT2D eigenvalue weighted by Gasteiger charge is -2.37. The maximum Gasteiger partial charge on any atom is 0.0110 e. The minimum atomic E-state index is 0. The standard InChI is InChI=1S/C17H31I.CH4/c1-2-3-4-5-14-6-8-15(9-7-14)16-10-12-17(18)13-11-16;/h14-17H,2-13H2,1H3;1H4. The van der Waals surface area contributed by atoms with Crippen molar-refractivity contribution in [3.8, 4) is 0 Å². The fourth-order valence-corrected chi connectivity index (χ4v) is 4.90. The first-order chi connectivity index (χ1) is 8.79. The van der Waals surface area contributed by atoms with Gasteiger partial charge in [0.2, 0.25) is 0 Å². The molecule has 0 nitrogen and oxygen atoms in total. The molecule has 0 atom stereocenters. The molecule has 0 aromatic rings. The number of halogens is 1. The fourth-order valence-electron chi connectivity index (χ4n) is 4.18. The summed E-state index contributed by atoms with van der Waals surface area (Å²) in [7, 11) is 0. The Bertz CT molecular complexity index is 210. The predicted molar refractivity (Wildman–Crippen MR) is 96.1 cm³/mol. The summed E-state index contributed by atoms with van der Waals surface area (Å²) in [6.07, 6.45) is 18.2. The molecule has 0 aliphatic heterocycles. The summed E-state index contributed by atoms with van der Waals surface area (Å²) in [5, 5.41) is 0. The summed E-state index contributed by atoms with van der Waals surface area (Å²) in [5.74, 6) is 3.30. The highest BCUT2D eigenvalue weighted by Gasteiger charge is 2.29. The molecule has 0 heterocycles. The van der Waals surface area contributed by atoms with Gasteiger partial charge in [0, 0.05) is 3.92 Å². The van der Waals surface area contributed by atoms with Gasteiger partial charge in [-0.2, -0.15) is 0 Å². The lowest BCUT2D eigenvalue weighted by atomic mass is 9.70. The molecule has 0 aromatic carbocycles. The van der Waals surface area contributed by atoms with Crippen molar-refractivity contribution in [3.05, 3.63) is 0 Å². The van der Waals surface area contributed by atoms with Crippen molar-refractivity contribution >= 4 is 22.6 Å². The summed E-state index contributed by atoms with van der Waals surface area (Å²) in [4.78, 5) is 0. The quantitative estimate of drug-likeness (QED) is 0.274. The maximum atomic E-state index is 2.66. The highest BCUT2D eigenvalue weighted by molar-refractivity contribution is 14.1. The minimum Gasteiger partial charge on any atom is -0.0826 e. The van der Waals surface area contributed by atoms with Crippen molar-refractivity contribution < 1.29 is 0 Å². The average molecular weight is 378 g/mol. The molecular weight excluding hydrogens is 343 g/mol. The van der Waals surface area contributed by atoms with Crippen LogP contribution in [0.1, 0.15) is 91.4 Å². The van der Waals surface area contributed by atoms with Crippen LogP contribution in [-0.4, -0.2) is 3.92 Å². The Hall–Kier alpha value is 0.730. The fraction of sp³-hybridized carbons (Fsp3) is 1.00. The van der Waals surface area contributed by atoms with E-state index in [-0.39, 0.29) is 7.43 Å². The van der Waals surface area contributed by atoms with Crippen molar-refractivity contribution in [2.75, 3.05) is 0 Å². The van der Waals surface area contributed by atoms with Crippen LogP contribution in [0.2, 0.25) is 0 Å². The largest absolute Gasteiger partial charge is 0.0826 e. The summed E-state index contributed by atoms with van der Waals surface area (Å²) in [6.45, 7) is 2.32. The van der Waals surface area contributed by atoms with E-state index in [0.717, 1.165) is 21.7 Å². The van der Waals surface area contributed by atoms with Gasteiger partial charge < -0.3 is 0 Å². The van der Waals surface area contributed by atoms with Crippen LogP contribution in [0.25, 0.3) is 0 Å². The molecule has 2 aliphatic rings. The first-order valence-corrected chi connectivity index (χ1v) is 9.68. The molecule has 1 heteroatoms. The van der Waals surface area contributed by atoms with Crippen LogP contribution in [0.4, 0.5) is 0 Å². The van der Waals surface area contributed by atoms with Crippen LogP contribution >= 0.6 is 22.6 Å². The zero-order valence-electron chi connectivity index (χ0n) is 12.2. The van der Waals surface area contributed by atoms with E-state index in [0.29, 0.717) is 0 Å². The van der Waals surface area contributed by atoms with Crippen LogP contribution < -0.4 is 0 Å². The lowest BCUT2D eigenvalue weighted by molar-refractivity contribution is 0.165. The van der Waals surface area contributed by atoms with Crippen molar-refractivity contribution in [1.29, 1.82) is 0 Å². The molecule has 0 saturated heterocycles. The number of hydrogen-bond acceptors (Lipinski definition) is 0. The van der Waals surface area contributed by atoms with Crippen LogP contribution in [0.15, 0.2) is 0 Å². The average Bonchev–Trinajstić information content (AvgIpc) is 2.41. The predicted octanol–water partition coefficient (Wildman–Crippen LogP) is 7.00. The normalized spacial score (nSPS) is 35.7. The molecule has 0 aromatic heterocycles. The summed E-state index contributed by atoms with van der Waals surface area (Å²) >= 11 is 2.66. The molecule has 19 heavy (non-hydrogen) atoms. The van der Waals surface area contributed by atoms with Gasteiger partial charge in [-0.25, -0.2) is 0 Å². The third-order valence-corrected chi connectivity index (χ3v) is 6.72. The van der Waals surface area contributed by atoms with Crippen LogP contribution in [-0.2, 0) is 0 Å². The summed E-state index contributed by atoms with van der Waals surface area (Å²) in [6, 6.07) is 0. The molecular formula is C18H35I. The Kier molecular flexibility index (Phi) is 9.01. The smallest absolute Gasteiger partial charge is 0.0110 e. The number of hydrogen-bond donors (Lipinski definition) is 0. The van der Waals surface area contributed by atoms with Gasteiger partial charge >= 0.3 is 0 Å². The summed E-state index contributed by atoms with van der Waals surface area (Å²) in [5.41, 5.74) is 0. The van der Waals surface area contributed by atoms with E-state index in [1.54, 1.807) is 38.5 Å². The minimum absolute atomic E-state index is 0. The molecule has 0 radical (unpaired) electrons. The van der Waals surface area contributed by atoms with Gasteiger partial charge in [-0.15, -0.1) is 0 Å². The Morgan fingerprint density at radius 1 is 0.789 bits per heavy atom. The SMILES string of the molecule is C.CCCCCC1CCC(C2CCC(I)CC2)CC1. The lowest BCUT2D eigenvalue weighted by Crippen LogP contribution is -2.25. The van der Waals surface area contributed by atoms with E-state index in [2.05, 4.69) is 29.5 Å². The molecule has 2 fully saturated rings. The second kappa shape index (κ2) is 9.63. The topological polar surface area (TPSA) is 0 Å². The second-order valence-electron chi connectivity index (χ2n) is 6.79. The number of alkyl halides is 1. The van der Waals surface area contributed by atoms with Gasteiger partial charge in [-0.3, -0.25) is 0 Å². The molecule has 2 rings (SSSR count). The van der Waals surface area contributed by atoms with Crippen molar-refractivity contribution in [2.45, 2.75) is 95.3 Å². The highest BCUT2D eigenvalue weighted by Crippen LogP contribution is 2.42. The maximum absolute atomic E-state index is 2.66. The van der Waals surface area contributed by atoms with Gasteiger partial charge in [-0.1, -0.05) is 75.5 Å². The van der Waals surface area contributed by atoms with E-state index in [4.69, 9.17) is 0 Å². The van der Waals surface area contributed by atoms with E-state index >= 15 is 0 Å².